The highest BCUT2D eigenvalue weighted by Gasteiger charge is 2.47. The molecule has 1 aromatic rings. The van der Waals surface area contributed by atoms with E-state index in [1.807, 2.05) is 0 Å². The van der Waals surface area contributed by atoms with Crippen molar-refractivity contribution in [2.75, 3.05) is 12.3 Å². The monoisotopic (exact) mass is 349 g/mol. The number of anilines is 1. The summed E-state index contributed by atoms with van der Waals surface area (Å²) in [4.78, 5) is 21.4. The van der Waals surface area contributed by atoms with Gasteiger partial charge in [0.25, 0.3) is 0 Å². The molecule has 23 heavy (non-hydrogen) atoms. The van der Waals surface area contributed by atoms with Gasteiger partial charge in [0.05, 0.1) is 12.2 Å². The van der Waals surface area contributed by atoms with Gasteiger partial charge in [-0.1, -0.05) is 12.1 Å². The molecule has 0 radical (unpaired) electrons. The van der Waals surface area contributed by atoms with E-state index in [0.717, 1.165) is 0 Å². The van der Waals surface area contributed by atoms with Crippen LogP contribution in [0.1, 0.15) is 10.4 Å². The number of phosphoric acid groups is 1. The Morgan fingerprint density at radius 3 is 2.52 bits per heavy atom. The van der Waals surface area contributed by atoms with Crippen LogP contribution in [0.25, 0.3) is 0 Å². The molecule has 0 aromatic heterocycles. The molecular formula is C12H16NO9P. The lowest BCUT2D eigenvalue weighted by molar-refractivity contribution is -0.126. The molecule has 1 aliphatic heterocycles. The number of hydrogen-bond acceptors (Lipinski definition) is 9. The van der Waals surface area contributed by atoms with Crippen molar-refractivity contribution in [2.45, 2.75) is 24.6 Å². The molecule has 1 aliphatic rings. The molecule has 0 spiro atoms. The van der Waals surface area contributed by atoms with Gasteiger partial charge in [0.15, 0.2) is 6.29 Å². The van der Waals surface area contributed by atoms with Crippen molar-refractivity contribution >= 4 is 19.5 Å². The lowest BCUT2D eigenvalue weighted by atomic mass is 10.1. The number of rotatable bonds is 5. The van der Waals surface area contributed by atoms with E-state index in [9.17, 15) is 24.5 Å². The molecule has 1 fully saturated rings. The fourth-order valence-electron chi connectivity index (χ4n) is 1.94. The van der Waals surface area contributed by atoms with E-state index in [0.29, 0.717) is 0 Å². The number of para-hydroxylation sites is 1. The highest BCUT2D eigenvalue weighted by molar-refractivity contribution is 7.48. The second-order valence-electron chi connectivity index (χ2n) is 4.75. The van der Waals surface area contributed by atoms with Gasteiger partial charge in [-0.25, -0.2) is 13.9 Å². The number of phosphoric ester groups is 1. The number of carbonyl (C=O) groups is 1. The van der Waals surface area contributed by atoms with Gasteiger partial charge in [-0.3, -0.25) is 4.89 Å². The molecule has 1 saturated heterocycles. The van der Waals surface area contributed by atoms with Gasteiger partial charge in [-0.05, 0) is 12.1 Å². The van der Waals surface area contributed by atoms with Crippen LogP contribution in [0.4, 0.5) is 5.69 Å². The minimum Gasteiger partial charge on any atom is -0.398 e. The second kappa shape index (κ2) is 6.93. The van der Waals surface area contributed by atoms with Gasteiger partial charge in [0, 0.05) is 5.69 Å². The highest BCUT2D eigenvalue weighted by Crippen LogP contribution is 2.47. The highest BCUT2D eigenvalue weighted by atomic mass is 31.2. The maximum Gasteiger partial charge on any atom is 0.532 e. The number of ether oxygens (including phenoxy) is 1. The maximum absolute atomic E-state index is 11.8. The Balaban J connectivity index is 2.04. The van der Waals surface area contributed by atoms with E-state index in [1.165, 1.54) is 18.2 Å². The predicted molar refractivity (Wildman–Crippen MR) is 74.9 cm³/mol. The lowest BCUT2D eigenvalue weighted by Gasteiger charge is -2.18. The molecule has 128 valence electrons. The van der Waals surface area contributed by atoms with E-state index in [4.69, 9.17) is 15.6 Å². The van der Waals surface area contributed by atoms with Crippen molar-refractivity contribution in [3.05, 3.63) is 29.8 Å². The van der Waals surface area contributed by atoms with Crippen LogP contribution in [0.5, 0.6) is 0 Å². The summed E-state index contributed by atoms with van der Waals surface area (Å²) in [6, 6.07) is 5.71. The number of nitrogens with two attached hydrogens (primary N) is 1. The standard InChI is InChI=1S/C12H16NO9P/c13-7-4-2-1-3-6(7)11(17)21-23(18,19)22-12-10(16)9(15)8(5-14)20-12/h1-4,8-10,12,14-16H,5,13H2,(H,18,19)/t8-,9-,10-,12?/m1/s1. The quantitative estimate of drug-likeness (QED) is 0.328. The Morgan fingerprint density at radius 2 is 1.96 bits per heavy atom. The third-order valence-corrected chi connectivity index (χ3v) is 3.99. The number of nitrogen functional groups attached to an aromatic ring is 1. The van der Waals surface area contributed by atoms with E-state index in [2.05, 4.69) is 9.05 Å². The van der Waals surface area contributed by atoms with Gasteiger partial charge < -0.3 is 30.3 Å². The third-order valence-electron chi connectivity index (χ3n) is 3.11. The predicted octanol–water partition coefficient (Wildman–Crippen LogP) is -1.02. The minimum atomic E-state index is -4.97. The van der Waals surface area contributed by atoms with Crippen molar-refractivity contribution in [2.24, 2.45) is 0 Å². The van der Waals surface area contributed by atoms with Crippen LogP contribution in [0, 0.1) is 0 Å². The van der Waals surface area contributed by atoms with E-state index < -0.39 is 45.0 Å². The van der Waals surface area contributed by atoms with Gasteiger partial charge in [0.2, 0.25) is 0 Å². The normalized spacial score (nSPS) is 29.9. The Morgan fingerprint density at radius 1 is 1.30 bits per heavy atom. The Hall–Kier alpha value is -1.52. The first-order valence-electron chi connectivity index (χ1n) is 6.47. The molecule has 0 aliphatic carbocycles. The first-order valence-corrected chi connectivity index (χ1v) is 7.97. The van der Waals surface area contributed by atoms with Crippen molar-refractivity contribution in [1.82, 2.24) is 0 Å². The SMILES string of the molecule is Nc1ccccc1C(=O)OP(=O)(O)OC1O[C@H](CO)[C@@H](O)[C@H]1O. The zero-order chi connectivity index (χ0) is 17.2. The largest absolute Gasteiger partial charge is 0.532 e. The Labute approximate surface area is 130 Å². The first kappa shape index (κ1) is 17.8. The zero-order valence-corrected chi connectivity index (χ0v) is 12.6. The number of hydrogen-bond donors (Lipinski definition) is 5. The van der Waals surface area contributed by atoms with Gasteiger partial charge in [0.1, 0.15) is 18.3 Å². The van der Waals surface area contributed by atoms with Crippen molar-refractivity contribution in [3.8, 4) is 0 Å². The Bertz CT molecular complexity index is 624. The fraction of sp³-hybridized carbons (Fsp3) is 0.417. The average molecular weight is 349 g/mol. The summed E-state index contributed by atoms with van der Waals surface area (Å²) in [5.74, 6) is -1.21. The van der Waals surface area contributed by atoms with Crippen molar-refractivity contribution in [3.63, 3.8) is 0 Å². The van der Waals surface area contributed by atoms with Crippen LogP contribution in [0.15, 0.2) is 24.3 Å². The van der Waals surface area contributed by atoms with E-state index >= 15 is 0 Å². The topological polar surface area (TPSA) is 169 Å². The van der Waals surface area contributed by atoms with E-state index in [-0.39, 0.29) is 11.3 Å². The fourth-order valence-corrected chi connectivity index (χ4v) is 2.73. The maximum atomic E-state index is 11.8. The van der Waals surface area contributed by atoms with E-state index in [1.54, 1.807) is 6.07 Å². The van der Waals surface area contributed by atoms with Crippen LogP contribution in [-0.2, 0) is 18.3 Å². The smallest absolute Gasteiger partial charge is 0.398 e. The van der Waals surface area contributed by atoms with Crippen LogP contribution >= 0.6 is 7.82 Å². The molecule has 10 nitrogen and oxygen atoms in total. The third kappa shape index (κ3) is 4.06. The number of aliphatic hydroxyl groups is 3. The molecule has 11 heteroatoms. The molecule has 1 aromatic carbocycles. The van der Waals surface area contributed by atoms with Crippen LogP contribution < -0.4 is 5.73 Å². The van der Waals surface area contributed by atoms with Crippen LogP contribution in [0.2, 0.25) is 0 Å². The summed E-state index contributed by atoms with van der Waals surface area (Å²) in [5.41, 5.74) is 5.43. The molecule has 0 bridgehead atoms. The molecule has 5 atom stereocenters. The first-order chi connectivity index (χ1) is 10.7. The molecule has 2 rings (SSSR count). The zero-order valence-electron chi connectivity index (χ0n) is 11.7. The summed E-state index contributed by atoms with van der Waals surface area (Å²) >= 11 is 0. The number of aliphatic hydroxyl groups excluding tert-OH is 3. The molecule has 1 heterocycles. The summed E-state index contributed by atoms with van der Waals surface area (Å²) < 4.78 is 25.6. The average Bonchev–Trinajstić information content (AvgIpc) is 2.74. The van der Waals surface area contributed by atoms with Gasteiger partial charge >= 0.3 is 13.8 Å². The molecular weight excluding hydrogens is 333 g/mol. The number of carbonyl (C=O) groups excluding carboxylic acids is 1. The minimum absolute atomic E-state index is 0.0328. The summed E-state index contributed by atoms with van der Waals surface area (Å²) in [5, 5.41) is 28.0. The van der Waals surface area contributed by atoms with Crippen LogP contribution in [0.3, 0.4) is 0 Å². The molecule has 0 amide bonds. The molecule has 2 unspecified atom stereocenters. The van der Waals surface area contributed by atoms with Crippen molar-refractivity contribution in [1.29, 1.82) is 0 Å². The summed E-state index contributed by atoms with van der Waals surface area (Å²) in [6.45, 7) is -0.645. The lowest BCUT2D eigenvalue weighted by Crippen LogP contribution is -2.34. The Kier molecular flexibility index (Phi) is 5.37. The molecule has 0 saturated carbocycles. The second-order valence-corrected chi connectivity index (χ2v) is 6.08. The van der Waals surface area contributed by atoms with Gasteiger partial charge in [-0.2, -0.15) is 0 Å². The van der Waals surface area contributed by atoms with Gasteiger partial charge in [-0.15, -0.1) is 0 Å². The summed E-state index contributed by atoms with van der Waals surface area (Å²) in [6.07, 6.45) is -6.17. The molecule has 6 N–H and O–H groups in total. The number of benzene rings is 1. The summed E-state index contributed by atoms with van der Waals surface area (Å²) in [7, 11) is -4.97. The van der Waals surface area contributed by atoms with Crippen LogP contribution in [-0.4, -0.2) is 57.4 Å². The van der Waals surface area contributed by atoms with Crippen molar-refractivity contribution < 1.29 is 43.4 Å².